The van der Waals surface area contributed by atoms with Crippen LogP contribution in [-0.2, 0) is 4.79 Å². The second-order valence-corrected chi connectivity index (χ2v) is 3.59. The van der Waals surface area contributed by atoms with Crippen molar-refractivity contribution in [2.75, 3.05) is 5.73 Å². The third-order valence-corrected chi connectivity index (χ3v) is 2.24. The number of nitrogens with zero attached hydrogens (tertiary/aromatic N) is 1. The van der Waals surface area contributed by atoms with E-state index in [1.165, 1.54) is 6.07 Å². The lowest BCUT2D eigenvalue weighted by atomic mass is 10.0. The van der Waals surface area contributed by atoms with Crippen LogP contribution >= 0.6 is 0 Å². The number of aliphatic hydroxyl groups is 2. The molecule has 0 saturated carbocycles. The van der Waals surface area contributed by atoms with E-state index in [4.69, 9.17) is 11.5 Å². The van der Waals surface area contributed by atoms with E-state index in [0.717, 1.165) is 0 Å². The first kappa shape index (κ1) is 12.4. The number of carbonyl (C=O) groups excluding carboxylic acids is 1. The van der Waals surface area contributed by atoms with Gasteiger partial charge < -0.3 is 21.7 Å². The predicted molar refractivity (Wildman–Crippen MR) is 58.2 cm³/mol. The minimum absolute atomic E-state index is 0.301. The first-order valence-corrected chi connectivity index (χ1v) is 4.79. The number of primary amides is 1. The molecule has 6 heteroatoms. The summed E-state index contributed by atoms with van der Waals surface area (Å²) < 4.78 is 0. The molecule has 1 aromatic heterocycles. The topological polar surface area (TPSA) is 122 Å². The molecule has 1 heterocycles. The first-order chi connectivity index (χ1) is 7.41. The predicted octanol–water partition coefficient (Wildman–Crippen LogP) is -0.758. The third kappa shape index (κ3) is 2.91. The molecule has 88 valence electrons. The Morgan fingerprint density at radius 2 is 2.12 bits per heavy atom. The van der Waals surface area contributed by atoms with Gasteiger partial charge in [0.05, 0.1) is 12.5 Å². The quantitative estimate of drug-likeness (QED) is 0.536. The Labute approximate surface area is 92.9 Å². The van der Waals surface area contributed by atoms with Crippen molar-refractivity contribution in [1.82, 2.24) is 4.98 Å². The van der Waals surface area contributed by atoms with Crippen LogP contribution in [0.25, 0.3) is 0 Å². The monoisotopic (exact) mass is 225 g/mol. The van der Waals surface area contributed by atoms with Gasteiger partial charge in [0.1, 0.15) is 11.9 Å². The van der Waals surface area contributed by atoms with Gasteiger partial charge in [-0.25, -0.2) is 4.98 Å². The molecule has 0 bridgehead atoms. The SMILES string of the molecule is Cc1nc(N)ccc1C(O)C(O)CC(N)=O. The zero-order valence-electron chi connectivity index (χ0n) is 8.92. The van der Waals surface area contributed by atoms with Crippen LogP contribution in [0, 0.1) is 6.92 Å². The van der Waals surface area contributed by atoms with Gasteiger partial charge in [-0.3, -0.25) is 4.79 Å². The van der Waals surface area contributed by atoms with Gasteiger partial charge in [-0.1, -0.05) is 6.07 Å². The minimum Gasteiger partial charge on any atom is -0.390 e. The Hall–Kier alpha value is -1.66. The van der Waals surface area contributed by atoms with E-state index < -0.39 is 18.1 Å². The van der Waals surface area contributed by atoms with E-state index in [9.17, 15) is 15.0 Å². The van der Waals surface area contributed by atoms with E-state index in [2.05, 4.69) is 4.98 Å². The second kappa shape index (κ2) is 4.91. The van der Waals surface area contributed by atoms with Crippen LogP contribution in [0.15, 0.2) is 12.1 Å². The number of aliphatic hydroxyl groups excluding tert-OH is 2. The van der Waals surface area contributed by atoms with Crippen LogP contribution in [0.2, 0.25) is 0 Å². The summed E-state index contributed by atoms with van der Waals surface area (Å²) in [4.78, 5) is 14.5. The third-order valence-electron chi connectivity index (χ3n) is 2.24. The molecule has 2 unspecified atom stereocenters. The maximum absolute atomic E-state index is 10.6. The molecule has 0 radical (unpaired) electrons. The summed E-state index contributed by atoms with van der Waals surface area (Å²) >= 11 is 0. The van der Waals surface area contributed by atoms with Gasteiger partial charge in [-0.15, -0.1) is 0 Å². The highest BCUT2D eigenvalue weighted by molar-refractivity contribution is 5.74. The lowest BCUT2D eigenvalue weighted by Crippen LogP contribution is -2.26. The summed E-state index contributed by atoms with van der Waals surface area (Å²) in [5.41, 5.74) is 11.3. The summed E-state index contributed by atoms with van der Waals surface area (Å²) in [6.45, 7) is 1.66. The van der Waals surface area contributed by atoms with Crippen molar-refractivity contribution < 1.29 is 15.0 Å². The Balaban J connectivity index is 2.87. The number of nitrogens with two attached hydrogens (primary N) is 2. The molecule has 2 atom stereocenters. The van der Waals surface area contributed by atoms with Crippen LogP contribution in [0.5, 0.6) is 0 Å². The fraction of sp³-hybridized carbons (Fsp3) is 0.400. The second-order valence-electron chi connectivity index (χ2n) is 3.59. The Bertz CT molecular complexity index is 395. The zero-order valence-corrected chi connectivity index (χ0v) is 8.92. The molecule has 1 rings (SSSR count). The van der Waals surface area contributed by atoms with Crippen molar-refractivity contribution >= 4 is 11.7 Å². The molecule has 0 aromatic carbocycles. The van der Waals surface area contributed by atoms with Gasteiger partial charge in [0.15, 0.2) is 0 Å². The molecule has 0 aliphatic carbocycles. The Morgan fingerprint density at radius 1 is 1.50 bits per heavy atom. The number of hydrogen-bond donors (Lipinski definition) is 4. The van der Waals surface area contributed by atoms with Crippen LogP contribution in [0.3, 0.4) is 0 Å². The highest BCUT2D eigenvalue weighted by atomic mass is 16.3. The standard InChI is InChI=1S/C10H15N3O3/c1-5-6(2-3-8(11)13-5)10(16)7(14)4-9(12)15/h2-3,7,10,14,16H,4H2,1H3,(H2,11,13)(H2,12,15). The lowest BCUT2D eigenvalue weighted by Gasteiger charge is -2.18. The van der Waals surface area contributed by atoms with Gasteiger partial charge in [-0.05, 0) is 13.0 Å². The number of anilines is 1. The maximum Gasteiger partial charge on any atom is 0.220 e. The average Bonchev–Trinajstić information content (AvgIpc) is 2.15. The molecule has 6 N–H and O–H groups in total. The molecule has 6 nitrogen and oxygen atoms in total. The normalized spacial score (nSPS) is 14.4. The molecular formula is C10H15N3O3. The van der Waals surface area contributed by atoms with E-state index in [1.807, 2.05) is 0 Å². The maximum atomic E-state index is 10.6. The molecular weight excluding hydrogens is 210 g/mol. The zero-order chi connectivity index (χ0) is 12.3. The fourth-order valence-corrected chi connectivity index (χ4v) is 1.43. The van der Waals surface area contributed by atoms with Gasteiger partial charge >= 0.3 is 0 Å². The summed E-state index contributed by atoms with van der Waals surface area (Å²) in [6.07, 6.45) is -2.73. The van der Waals surface area contributed by atoms with Crippen molar-refractivity contribution in [3.63, 3.8) is 0 Å². The molecule has 1 aromatic rings. The number of aromatic nitrogens is 1. The van der Waals surface area contributed by atoms with E-state index in [1.54, 1.807) is 13.0 Å². The van der Waals surface area contributed by atoms with E-state index >= 15 is 0 Å². The van der Waals surface area contributed by atoms with Crippen molar-refractivity contribution in [2.24, 2.45) is 5.73 Å². The number of amides is 1. The van der Waals surface area contributed by atoms with Crippen LogP contribution < -0.4 is 11.5 Å². The lowest BCUT2D eigenvalue weighted by molar-refractivity contribution is -0.121. The Kier molecular flexibility index (Phi) is 3.81. The minimum atomic E-state index is -1.23. The van der Waals surface area contributed by atoms with E-state index in [0.29, 0.717) is 17.1 Å². The number of rotatable bonds is 4. The number of nitrogen functional groups attached to an aromatic ring is 1. The fourth-order valence-electron chi connectivity index (χ4n) is 1.43. The van der Waals surface area contributed by atoms with Crippen molar-refractivity contribution in [2.45, 2.75) is 25.6 Å². The highest BCUT2D eigenvalue weighted by Gasteiger charge is 2.22. The van der Waals surface area contributed by atoms with Gasteiger partial charge in [0.25, 0.3) is 0 Å². The molecule has 16 heavy (non-hydrogen) atoms. The Morgan fingerprint density at radius 3 is 2.62 bits per heavy atom. The number of carbonyl (C=O) groups is 1. The summed E-state index contributed by atoms with van der Waals surface area (Å²) in [5.74, 6) is -0.342. The largest absolute Gasteiger partial charge is 0.390 e. The van der Waals surface area contributed by atoms with Crippen molar-refractivity contribution in [3.8, 4) is 0 Å². The first-order valence-electron chi connectivity index (χ1n) is 4.79. The molecule has 0 fully saturated rings. The van der Waals surface area contributed by atoms with Crippen LogP contribution in [0.1, 0.15) is 23.8 Å². The van der Waals surface area contributed by atoms with Crippen LogP contribution in [0.4, 0.5) is 5.82 Å². The average molecular weight is 225 g/mol. The number of pyridine rings is 1. The van der Waals surface area contributed by atoms with Crippen molar-refractivity contribution in [1.29, 1.82) is 0 Å². The van der Waals surface area contributed by atoms with Crippen molar-refractivity contribution in [3.05, 3.63) is 23.4 Å². The summed E-state index contributed by atoms with van der Waals surface area (Å²) in [6, 6.07) is 3.08. The van der Waals surface area contributed by atoms with E-state index in [-0.39, 0.29) is 6.42 Å². The van der Waals surface area contributed by atoms with Gasteiger partial charge in [-0.2, -0.15) is 0 Å². The number of aryl methyl sites for hydroxylation is 1. The molecule has 0 aliphatic rings. The summed E-state index contributed by atoms with van der Waals surface area (Å²) in [7, 11) is 0. The smallest absolute Gasteiger partial charge is 0.220 e. The molecule has 0 aliphatic heterocycles. The summed E-state index contributed by atoms with van der Waals surface area (Å²) in [5, 5.41) is 19.3. The highest BCUT2D eigenvalue weighted by Crippen LogP contribution is 2.21. The van der Waals surface area contributed by atoms with Gasteiger partial charge in [0.2, 0.25) is 5.91 Å². The number of hydrogen-bond acceptors (Lipinski definition) is 5. The molecule has 1 amide bonds. The van der Waals surface area contributed by atoms with Crippen LogP contribution in [-0.4, -0.2) is 27.2 Å². The van der Waals surface area contributed by atoms with Gasteiger partial charge in [0, 0.05) is 11.3 Å². The molecule has 0 saturated heterocycles. The molecule has 0 spiro atoms.